The van der Waals surface area contributed by atoms with Gasteiger partial charge in [-0.05, 0) is 31.2 Å². The largest absolute Gasteiger partial charge is 0.337 e. The summed E-state index contributed by atoms with van der Waals surface area (Å²) >= 11 is 0. The molecule has 0 fully saturated rings. The lowest BCUT2D eigenvalue weighted by Gasteiger charge is -2.26. The van der Waals surface area contributed by atoms with Gasteiger partial charge in [0.05, 0.1) is 6.04 Å². The monoisotopic (exact) mass is 237 g/mol. The van der Waals surface area contributed by atoms with Crippen molar-refractivity contribution >= 4 is 0 Å². The van der Waals surface area contributed by atoms with Crippen LogP contribution in [0.25, 0.3) is 0 Å². The van der Waals surface area contributed by atoms with Gasteiger partial charge in [0.1, 0.15) is 5.82 Å². The minimum Gasteiger partial charge on any atom is -0.337 e. The van der Waals surface area contributed by atoms with Gasteiger partial charge in [0, 0.05) is 19.4 Å². The van der Waals surface area contributed by atoms with Gasteiger partial charge in [0.25, 0.3) is 0 Å². The molecule has 1 heterocycles. The Labute approximate surface area is 106 Å². The number of hydrogen-bond donors (Lipinski definition) is 1. The van der Waals surface area contributed by atoms with E-state index in [0.29, 0.717) is 17.4 Å². The van der Waals surface area contributed by atoms with Gasteiger partial charge in [-0.25, -0.2) is 4.98 Å². The molecule has 1 aromatic rings. The van der Waals surface area contributed by atoms with Gasteiger partial charge in [0.2, 0.25) is 0 Å². The Morgan fingerprint density at radius 3 is 2.47 bits per heavy atom. The first-order chi connectivity index (χ1) is 7.83. The Balaban J connectivity index is 2.62. The van der Waals surface area contributed by atoms with Crippen molar-refractivity contribution in [3.8, 4) is 0 Å². The SMILES string of the molecule is CNC(CC(C)CC(C)(C)C)c1nccn1C. The van der Waals surface area contributed by atoms with Gasteiger partial charge >= 0.3 is 0 Å². The van der Waals surface area contributed by atoms with Gasteiger partial charge in [-0.15, -0.1) is 0 Å². The molecule has 0 bridgehead atoms. The van der Waals surface area contributed by atoms with Crippen molar-refractivity contribution in [2.75, 3.05) is 7.05 Å². The molecule has 98 valence electrons. The zero-order valence-corrected chi connectivity index (χ0v) is 12.1. The van der Waals surface area contributed by atoms with Crippen LogP contribution in [0.1, 0.15) is 52.4 Å². The van der Waals surface area contributed by atoms with Gasteiger partial charge in [-0.1, -0.05) is 27.7 Å². The lowest BCUT2D eigenvalue weighted by atomic mass is 9.83. The van der Waals surface area contributed by atoms with Crippen LogP contribution >= 0.6 is 0 Å². The molecule has 0 saturated carbocycles. The normalized spacial score (nSPS) is 15.9. The summed E-state index contributed by atoms with van der Waals surface area (Å²) in [6, 6.07) is 0.354. The summed E-state index contributed by atoms with van der Waals surface area (Å²) in [5.74, 6) is 1.83. The summed E-state index contributed by atoms with van der Waals surface area (Å²) in [6.07, 6.45) is 6.26. The molecule has 2 unspecified atom stereocenters. The third kappa shape index (κ3) is 4.50. The first kappa shape index (κ1) is 14.2. The average Bonchev–Trinajstić information content (AvgIpc) is 2.58. The molecule has 17 heavy (non-hydrogen) atoms. The minimum atomic E-state index is 0.354. The van der Waals surface area contributed by atoms with E-state index in [-0.39, 0.29) is 0 Å². The number of rotatable bonds is 5. The van der Waals surface area contributed by atoms with E-state index in [9.17, 15) is 0 Å². The van der Waals surface area contributed by atoms with E-state index >= 15 is 0 Å². The highest BCUT2D eigenvalue weighted by Crippen LogP contribution is 2.29. The summed E-state index contributed by atoms with van der Waals surface area (Å²) < 4.78 is 2.10. The summed E-state index contributed by atoms with van der Waals surface area (Å²) in [6.45, 7) is 9.24. The quantitative estimate of drug-likeness (QED) is 0.852. The second kappa shape index (κ2) is 5.67. The number of nitrogens with one attached hydrogen (secondary N) is 1. The molecule has 0 aliphatic rings. The molecule has 0 aromatic carbocycles. The molecule has 3 nitrogen and oxygen atoms in total. The van der Waals surface area contributed by atoms with Crippen molar-refractivity contribution < 1.29 is 0 Å². The molecule has 0 aliphatic heterocycles. The Bertz CT molecular complexity index is 335. The van der Waals surface area contributed by atoms with Crippen LogP contribution in [0.2, 0.25) is 0 Å². The van der Waals surface area contributed by atoms with Crippen molar-refractivity contribution in [2.45, 2.75) is 46.6 Å². The maximum Gasteiger partial charge on any atom is 0.125 e. The molecule has 0 saturated heterocycles. The van der Waals surface area contributed by atoms with Crippen LogP contribution in [0.5, 0.6) is 0 Å². The van der Waals surface area contributed by atoms with Crippen molar-refractivity contribution in [1.82, 2.24) is 14.9 Å². The van der Waals surface area contributed by atoms with E-state index in [1.807, 2.05) is 19.4 Å². The second-order valence-electron chi connectivity index (χ2n) is 6.34. The maximum absolute atomic E-state index is 4.44. The molecule has 0 aliphatic carbocycles. The van der Waals surface area contributed by atoms with Crippen molar-refractivity contribution in [3.63, 3.8) is 0 Å². The van der Waals surface area contributed by atoms with E-state index < -0.39 is 0 Å². The predicted molar refractivity (Wildman–Crippen MR) is 72.9 cm³/mol. The highest BCUT2D eigenvalue weighted by molar-refractivity contribution is 4.98. The number of hydrogen-bond acceptors (Lipinski definition) is 2. The zero-order valence-electron chi connectivity index (χ0n) is 12.1. The van der Waals surface area contributed by atoms with Crippen LogP contribution in [-0.4, -0.2) is 16.6 Å². The van der Waals surface area contributed by atoms with Crippen LogP contribution < -0.4 is 5.32 Å². The number of nitrogens with zero attached hydrogens (tertiary/aromatic N) is 2. The number of imidazole rings is 1. The van der Waals surface area contributed by atoms with Gasteiger partial charge in [-0.2, -0.15) is 0 Å². The molecular formula is C14H27N3. The number of aromatic nitrogens is 2. The Morgan fingerprint density at radius 2 is 2.06 bits per heavy atom. The molecule has 0 amide bonds. The Morgan fingerprint density at radius 1 is 1.41 bits per heavy atom. The molecule has 2 atom stereocenters. The third-order valence-electron chi connectivity index (χ3n) is 3.12. The predicted octanol–water partition coefficient (Wildman–Crippen LogP) is 3.14. The fraction of sp³-hybridized carbons (Fsp3) is 0.786. The van der Waals surface area contributed by atoms with E-state index in [4.69, 9.17) is 0 Å². The van der Waals surface area contributed by atoms with E-state index in [0.717, 1.165) is 12.2 Å². The molecule has 1 rings (SSSR count). The maximum atomic E-state index is 4.44. The summed E-state index contributed by atoms with van der Waals surface area (Å²) in [5, 5.41) is 3.38. The van der Waals surface area contributed by atoms with Crippen molar-refractivity contribution in [1.29, 1.82) is 0 Å². The fourth-order valence-electron chi connectivity index (χ4n) is 2.60. The van der Waals surface area contributed by atoms with Crippen LogP contribution in [0.4, 0.5) is 0 Å². The van der Waals surface area contributed by atoms with Crippen LogP contribution in [0, 0.1) is 11.3 Å². The summed E-state index contributed by atoms with van der Waals surface area (Å²) in [7, 11) is 4.07. The van der Waals surface area contributed by atoms with E-state index in [1.54, 1.807) is 0 Å². The smallest absolute Gasteiger partial charge is 0.125 e. The van der Waals surface area contributed by atoms with Crippen LogP contribution in [0.15, 0.2) is 12.4 Å². The van der Waals surface area contributed by atoms with E-state index in [2.05, 4.69) is 49.6 Å². The fourth-order valence-corrected chi connectivity index (χ4v) is 2.60. The first-order valence-electron chi connectivity index (χ1n) is 6.48. The van der Waals surface area contributed by atoms with Crippen molar-refractivity contribution in [2.24, 2.45) is 18.4 Å². The highest BCUT2D eigenvalue weighted by Gasteiger charge is 2.21. The minimum absolute atomic E-state index is 0.354. The van der Waals surface area contributed by atoms with Crippen LogP contribution in [0.3, 0.4) is 0 Å². The van der Waals surface area contributed by atoms with Crippen LogP contribution in [-0.2, 0) is 7.05 Å². The Kier molecular flexibility index (Phi) is 4.75. The van der Waals surface area contributed by atoms with Gasteiger partial charge in [0.15, 0.2) is 0 Å². The third-order valence-corrected chi connectivity index (χ3v) is 3.12. The van der Waals surface area contributed by atoms with E-state index in [1.165, 1.54) is 6.42 Å². The molecule has 0 spiro atoms. The molecule has 0 radical (unpaired) electrons. The molecule has 3 heteroatoms. The zero-order chi connectivity index (χ0) is 13.1. The summed E-state index contributed by atoms with van der Waals surface area (Å²) in [5.41, 5.74) is 0.402. The lowest BCUT2D eigenvalue weighted by Crippen LogP contribution is -2.23. The van der Waals surface area contributed by atoms with Gasteiger partial charge in [-0.3, -0.25) is 0 Å². The Hall–Kier alpha value is -0.830. The molecular weight excluding hydrogens is 210 g/mol. The average molecular weight is 237 g/mol. The lowest BCUT2D eigenvalue weighted by molar-refractivity contribution is 0.275. The second-order valence-corrected chi connectivity index (χ2v) is 6.34. The summed E-state index contributed by atoms with van der Waals surface area (Å²) in [4.78, 5) is 4.44. The molecule has 1 N–H and O–H groups in total. The van der Waals surface area contributed by atoms with Gasteiger partial charge < -0.3 is 9.88 Å². The first-order valence-corrected chi connectivity index (χ1v) is 6.48. The van der Waals surface area contributed by atoms with Crippen molar-refractivity contribution in [3.05, 3.63) is 18.2 Å². The molecule has 1 aromatic heterocycles. The highest BCUT2D eigenvalue weighted by atomic mass is 15.1. The topological polar surface area (TPSA) is 29.9 Å². The number of aryl methyl sites for hydroxylation is 1. The standard InChI is InChI=1S/C14H27N3/c1-11(10-14(2,3)4)9-12(15-5)13-16-7-8-17(13)6/h7-8,11-12,15H,9-10H2,1-6H3.